The van der Waals surface area contributed by atoms with Crippen molar-refractivity contribution in [3.63, 3.8) is 0 Å². The van der Waals surface area contributed by atoms with Crippen LogP contribution in [0.4, 0.5) is 0 Å². The molecule has 0 bridgehead atoms. The zero-order chi connectivity index (χ0) is 43.4. The van der Waals surface area contributed by atoms with Crippen molar-refractivity contribution in [2.45, 2.75) is 122 Å². The van der Waals surface area contributed by atoms with Crippen LogP contribution in [0.3, 0.4) is 0 Å². The normalized spacial score (nSPS) is 27.8. The number of hydrogen-bond donors (Lipinski definition) is 1. The van der Waals surface area contributed by atoms with Crippen molar-refractivity contribution in [2.75, 3.05) is 19.8 Å². The van der Waals surface area contributed by atoms with E-state index in [1.807, 2.05) is 36.4 Å². The number of hydrogen-bond acceptors (Lipinski definition) is 17. The van der Waals surface area contributed by atoms with E-state index in [1.54, 1.807) is 12.1 Å². The van der Waals surface area contributed by atoms with Crippen molar-refractivity contribution in [3.8, 4) is 0 Å². The third-order valence-corrected chi connectivity index (χ3v) is 10.2. The zero-order valence-electron chi connectivity index (χ0n) is 33.3. The standard InChI is InChI=1S/C40H48Br2O17/c1-21(44)52-33-31(19-43)59-40(17-15-27-7-11-29(41)12-8-27,38(57-26(6)49)36(33)55-24(4)47)51-20-32-34(53-22(2)45)35(54-23(3)46)37(56-25(5)48)39(58-32)50-18-16-28-9-13-30(42)14-10-28/h7-14,31-39,43H,15-20H2,1-6H3/t31-,32-,33-,34-,35+,36+,37-,38-,39-,40-/m1/s1. The highest BCUT2D eigenvalue weighted by atomic mass is 79.9. The second-order valence-corrected chi connectivity index (χ2v) is 15.6. The molecular weight excluding hydrogens is 912 g/mol. The van der Waals surface area contributed by atoms with Gasteiger partial charge < -0.3 is 52.5 Å². The van der Waals surface area contributed by atoms with Gasteiger partial charge >= 0.3 is 35.8 Å². The Morgan fingerprint density at radius 3 is 1.53 bits per heavy atom. The average Bonchev–Trinajstić information content (AvgIpc) is 3.15. The first-order chi connectivity index (χ1) is 27.9. The van der Waals surface area contributed by atoms with Gasteiger partial charge in [-0.2, -0.15) is 0 Å². The van der Waals surface area contributed by atoms with E-state index in [9.17, 15) is 33.9 Å². The van der Waals surface area contributed by atoms with Crippen LogP contribution in [-0.2, 0) is 89.0 Å². The molecule has 2 aromatic rings. The van der Waals surface area contributed by atoms with E-state index >= 15 is 0 Å². The Hall–Kier alpha value is -3.98. The van der Waals surface area contributed by atoms with Crippen LogP contribution in [0.2, 0.25) is 0 Å². The maximum absolute atomic E-state index is 12.8. The summed E-state index contributed by atoms with van der Waals surface area (Å²) < 4.78 is 61.1. The number of aryl methyl sites for hydroxylation is 1. The summed E-state index contributed by atoms with van der Waals surface area (Å²) in [4.78, 5) is 75.3. The molecular formula is C40H48Br2O17. The Balaban J connectivity index is 1.81. The minimum atomic E-state index is -2.12. The predicted octanol–water partition coefficient (Wildman–Crippen LogP) is 3.82. The van der Waals surface area contributed by atoms with Gasteiger partial charge in [-0.3, -0.25) is 28.8 Å². The first kappa shape index (κ1) is 47.7. The Bertz CT molecular complexity index is 1770. The fourth-order valence-corrected chi connectivity index (χ4v) is 7.33. The molecule has 0 aliphatic carbocycles. The molecule has 0 amide bonds. The van der Waals surface area contributed by atoms with Gasteiger partial charge in [0.15, 0.2) is 42.9 Å². The Morgan fingerprint density at radius 2 is 1.03 bits per heavy atom. The van der Waals surface area contributed by atoms with Crippen molar-refractivity contribution in [1.29, 1.82) is 0 Å². The van der Waals surface area contributed by atoms with E-state index in [-0.39, 0.29) is 19.4 Å². The van der Waals surface area contributed by atoms with Crippen LogP contribution >= 0.6 is 31.9 Å². The van der Waals surface area contributed by atoms with Crippen LogP contribution in [-0.4, -0.2) is 122 Å². The lowest BCUT2D eigenvalue weighted by Gasteiger charge is -2.51. The quantitative estimate of drug-likeness (QED) is 0.176. The monoisotopic (exact) mass is 958 g/mol. The van der Waals surface area contributed by atoms with Gasteiger partial charge in [0.05, 0.1) is 19.8 Å². The van der Waals surface area contributed by atoms with Crippen molar-refractivity contribution in [3.05, 3.63) is 68.6 Å². The number of rotatable bonds is 17. The Labute approximate surface area is 357 Å². The predicted molar refractivity (Wildman–Crippen MR) is 209 cm³/mol. The van der Waals surface area contributed by atoms with Gasteiger partial charge in [-0.15, -0.1) is 0 Å². The summed E-state index contributed by atoms with van der Waals surface area (Å²) in [5.41, 5.74) is 1.66. The molecule has 324 valence electrons. The van der Waals surface area contributed by atoms with E-state index in [4.69, 9.17) is 47.4 Å². The molecule has 0 spiro atoms. The van der Waals surface area contributed by atoms with Crippen molar-refractivity contribution < 1.29 is 81.2 Å². The molecule has 19 heteroatoms. The van der Waals surface area contributed by atoms with Crippen LogP contribution in [0.1, 0.15) is 59.1 Å². The lowest BCUT2D eigenvalue weighted by atomic mass is 9.87. The molecule has 17 nitrogen and oxygen atoms in total. The fourth-order valence-electron chi connectivity index (χ4n) is 6.81. The molecule has 2 aliphatic rings. The summed E-state index contributed by atoms with van der Waals surface area (Å²) in [5.74, 6) is -7.07. The van der Waals surface area contributed by atoms with Gasteiger partial charge in [0.2, 0.25) is 5.79 Å². The summed E-state index contributed by atoms with van der Waals surface area (Å²) >= 11 is 6.82. The number of benzene rings is 2. The van der Waals surface area contributed by atoms with E-state index in [0.29, 0.717) is 6.42 Å². The lowest BCUT2D eigenvalue weighted by molar-refractivity contribution is -0.380. The minimum Gasteiger partial charge on any atom is -0.456 e. The molecule has 2 aromatic carbocycles. The van der Waals surface area contributed by atoms with Gasteiger partial charge in [-0.25, -0.2) is 0 Å². The number of aliphatic hydroxyl groups is 1. The molecule has 0 unspecified atom stereocenters. The molecule has 0 saturated carbocycles. The van der Waals surface area contributed by atoms with Crippen molar-refractivity contribution >= 4 is 67.7 Å². The molecule has 1 N–H and O–H groups in total. The number of carbonyl (C=O) groups excluding carboxylic acids is 6. The van der Waals surface area contributed by atoms with Crippen LogP contribution in [0.15, 0.2) is 57.5 Å². The summed E-state index contributed by atoms with van der Waals surface area (Å²) in [6.45, 7) is 5.28. The molecule has 4 rings (SSSR count). The smallest absolute Gasteiger partial charge is 0.303 e. The number of carbonyl (C=O) groups is 6. The van der Waals surface area contributed by atoms with Crippen molar-refractivity contribution in [1.82, 2.24) is 0 Å². The van der Waals surface area contributed by atoms with E-state index in [0.717, 1.165) is 61.6 Å². The maximum atomic E-state index is 12.8. The van der Waals surface area contributed by atoms with E-state index in [1.165, 1.54) is 0 Å². The molecule has 0 aromatic heterocycles. The average molecular weight is 961 g/mol. The van der Waals surface area contributed by atoms with Gasteiger partial charge in [0.25, 0.3) is 0 Å². The molecule has 2 heterocycles. The largest absolute Gasteiger partial charge is 0.456 e. The Morgan fingerprint density at radius 1 is 0.593 bits per heavy atom. The SMILES string of the molecule is CC(=O)O[C@@H]1[C@@H](OC(C)=O)[C@H](OCCc2ccc(Br)cc2)O[C@H](CO[C@]2(CCc3ccc(Br)cc3)O[C@H](CO)[C@@H](OC(C)=O)[C@H](OC(C)=O)[C@H]2OC(C)=O)[C@H]1OC(C)=O. The number of esters is 6. The topological polar surface area (TPSA) is 215 Å². The van der Waals surface area contributed by atoms with Crippen LogP contribution < -0.4 is 0 Å². The maximum Gasteiger partial charge on any atom is 0.303 e. The van der Waals surface area contributed by atoms with Gasteiger partial charge in [-0.05, 0) is 48.2 Å². The molecule has 2 aliphatic heterocycles. The third kappa shape index (κ3) is 13.8. The summed E-state index contributed by atoms with van der Waals surface area (Å²) in [5, 5.41) is 10.6. The van der Waals surface area contributed by atoms with E-state index in [2.05, 4.69) is 31.9 Å². The lowest BCUT2D eigenvalue weighted by Crippen LogP contribution is -2.69. The van der Waals surface area contributed by atoms with Crippen LogP contribution in [0.5, 0.6) is 0 Å². The van der Waals surface area contributed by atoms with Gasteiger partial charge in [-0.1, -0.05) is 56.1 Å². The second-order valence-electron chi connectivity index (χ2n) is 13.8. The summed E-state index contributed by atoms with van der Waals surface area (Å²) in [7, 11) is 0. The summed E-state index contributed by atoms with van der Waals surface area (Å²) in [6.07, 6.45) is -13.0. The number of aliphatic hydroxyl groups excluding tert-OH is 1. The molecule has 2 fully saturated rings. The second kappa shape index (κ2) is 22.0. The highest BCUT2D eigenvalue weighted by molar-refractivity contribution is 9.10. The minimum absolute atomic E-state index is 0.0250. The van der Waals surface area contributed by atoms with Crippen LogP contribution in [0, 0.1) is 0 Å². The van der Waals surface area contributed by atoms with Gasteiger partial charge in [0.1, 0.15) is 12.2 Å². The zero-order valence-corrected chi connectivity index (χ0v) is 36.5. The number of ether oxygens (including phenoxy) is 10. The highest BCUT2D eigenvalue weighted by Gasteiger charge is 2.61. The first-order valence-electron chi connectivity index (χ1n) is 18.6. The fraction of sp³-hybridized carbons (Fsp3) is 0.550. The molecule has 10 atom stereocenters. The highest BCUT2D eigenvalue weighted by Crippen LogP contribution is 2.41. The molecule has 59 heavy (non-hydrogen) atoms. The van der Waals surface area contributed by atoms with Crippen LogP contribution in [0.25, 0.3) is 0 Å². The number of halogens is 2. The first-order valence-corrected chi connectivity index (χ1v) is 20.2. The summed E-state index contributed by atoms with van der Waals surface area (Å²) in [6, 6.07) is 14.7. The van der Waals surface area contributed by atoms with Crippen molar-refractivity contribution in [2.24, 2.45) is 0 Å². The molecule has 2 saturated heterocycles. The molecule has 0 radical (unpaired) electrons. The van der Waals surface area contributed by atoms with Gasteiger partial charge in [0, 0.05) is 56.9 Å². The third-order valence-electron chi connectivity index (χ3n) is 9.10. The Kier molecular flexibility index (Phi) is 17.8. The van der Waals surface area contributed by atoms with E-state index < -0.39 is 110 Å².